The van der Waals surface area contributed by atoms with E-state index in [9.17, 15) is 0 Å². The van der Waals surface area contributed by atoms with Crippen LogP contribution in [0.25, 0.3) is 0 Å². The number of rotatable bonds is 3. The molecule has 2 heterocycles. The van der Waals surface area contributed by atoms with Gasteiger partial charge in [-0.25, -0.2) is 0 Å². The number of hydrogen-bond acceptors (Lipinski definition) is 4. The highest BCUT2D eigenvalue weighted by molar-refractivity contribution is 7.08. The van der Waals surface area contributed by atoms with Gasteiger partial charge in [0.1, 0.15) is 0 Å². The van der Waals surface area contributed by atoms with Gasteiger partial charge in [-0.2, -0.15) is 11.3 Å². The third kappa shape index (κ3) is 2.62. The highest BCUT2D eigenvalue weighted by Gasteiger charge is 2.40. The van der Waals surface area contributed by atoms with Gasteiger partial charge in [0.2, 0.25) is 0 Å². The molecule has 0 amide bonds. The van der Waals surface area contributed by atoms with Crippen molar-refractivity contribution >= 4 is 11.3 Å². The molecule has 1 saturated heterocycles. The fourth-order valence-corrected chi connectivity index (χ4v) is 3.73. The van der Waals surface area contributed by atoms with Gasteiger partial charge in [0, 0.05) is 25.4 Å². The molecule has 3 rings (SSSR count). The summed E-state index contributed by atoms with van der Waals surface area (Å²) in [6.45, 7) is 4.72. The molecule has 0 aromatic carbocycles. The highest BCUT2D eigenvalue weighted by Crippen LogP contribution is 2.35. The van der Waals surface area contributed by atoms with Crippen LogP contribution in [0.2, 0.25) is 0 Å². The zero-order valence-electron chi connectivity index (χ0n) is 10.9. The lowest BCUT2D eigenvalue weighted by Gasteiger charge is -2.35. The third-order valence-corrected chi connectivity index (χ3v) is 5.01. The van der Waals surface area contributed by atoms with E-state index in [-0.39, 0.29) is 5.79 Å². The van der Waals surface area contributed by atoms with E-state index in [2.05, 4.69) is 23.0 Å². The minimum Gasteiger partial charge on any atom is -0.348 e. The normalized spacial score (nSPS) is 23.8. The van der Waals surface area contributed by atoms with Crippen molar-refractivity contribution in [3.05, 3.63) is 21.9 Å². The summed E-state index contributed by atoms with van der Waals surface area (Å²) < 4.78 is 11.5. The largest absolute Gasteiger partial charge is 0.348 e. The van der Waals surface area contributed by atoms with Crippen molar-refractivity contribution < 1.29 is 9.47 Å². The van der Waals surface area contributed by atoms with Crippen molar-refractivity contribution in [2.24, 2.45) is 0 Å². The summed E-state index contributed by atoms with van der Waals surface area (Å²) in [5.74, 6) is -0.226. The standard InChI is InChI=1S/C14H21NO2S/c1-11-9-18-10-12(11)8-15-13-2-4-14(5-3-13)16-6-7-17-14/h9-10,13,15H,2-8H2,1H3. The number of aryl methyl sites for hydroxylation is 1. The van der Waals surface area contributed by atoms with Crippen LogP contribution >= 0.6 is 11.3 Å². The molecule has 2 aliphatic rings. The van der Waals surface area contributed by atoms with Crippen molar-refractivity contribution in [3.63, 3.8) is 0 Å². The van der Waals surface area contributed by atoms with Gasteiger partial charge in [-0.3, -0.25) is 0 Å². The number of thiophene rings is 1. The van der Waals surface area contributed by atoms with E-state index in [1.807, 2.05) is 0 Å². The van der Waals surface area contributed by atoms with Gasteiger partial charge in [0.15, 0.2) is 5.79 Å². The Labute approximate surface area is 112 Å². The van der Waals surface area contributed by atoms with Crippen LogP contribution in [-0.2, 0) is 16.0 Å². The Kier molecular flexibility index (Phi) is 3.71. The smallest absolute Gasteiger partial charge is 0.168 e. The van der Waals surface area contributed by atoms with Crippen molar-refractivity contribution in [1.82, 2.24) is 5.32 Å². The van der Waals surface area contributed by atoms with Crippen LogP contribution in [0.1, 0.15) is 36.8 Å². The van der Waals surface area contributed by atoms with E-state index in [1.54, 1.807) is 11.3 Å². The zero-order valence-corrected chi connectivity index (χ0v) is 11.7. The quantitative estimate of drug-likeness (QED) is 0.913. The monoisotopic (exact) mass is 267 g/mol. The lowest BCUT2D eigenvalue weighted by molar-refractivity contribution is -0.179. The zero-order chi connectivity index (χ0) is 12.4. The van der Waals surface area contributed by atoms with Gasteiger partial charge in [-0.15, -0.1) is 0 Å². The minimum absolute atomic E-state index is 0.226. The van der Waals surface area contributed by atoms with Crippen molar-refractivity contribution in [1.29, 1.82) is 0 Å². The first-order valence-corrected chi connectivity index (χ1v) is 7.75. The molecule has 1 N–H and O–H groups in total. The maximum atomic E-state index is 5.75. The molecule has 0 unspecified atom stereocenters. The molecule has 1 aromatic rings. The average molecular weight is 267 g/mol. The minimum atomic E-state index is -0.226. The molecule has 1 spiro atoms. The van der Waals surface area contributed by atoms with E-state index in [4.69, 9.17) is 9.47 Å². The first kappa shape index (κ1) is 12.6. The Hall–Kier alpha value is -0.420. The molecule has 100 valence electrons. The van der Waals surface area contributed by atoms with Crippen molar-refractivity contribution in [2.45, 2.75) is 51.0 Å². The molecule has 3 nitrogen and oxygen atoms in total. The molecule has 4 heteroatoms. The predicted octanol–water partition coefficient (Wildman–Crippen LogP) is 2.83. The summed E-state index contributed by atoms with van der Waals surface area (Å²) in [6.07, 6.45) is 4.38. The van der Waals surface area contributed by atoms with E-state index >= 15 is 0 Å². The van der Waals surface area contributed by atoms with Crippen LogP contribution in [0.15, 0.2) is 10.8 Å². The Morgan fingerprint density at radius 2 is 2.00 bits per heavy atom. The van der Waals surface area contributed by atoms with Gasteiger partial charge < -0.3 is 14.8 Å². The fourth-order valence-electron chi connectivity index (χ4n) is 2.87. The molecule has 0 radical (unpaired) electrons. The van der Waals surface area contributed by atoms with E-state index in [0.29, 0.717) is 6.04 Å². The molecule has 18 heavy (non-hydrogen) atoms. The summed E-state index contributed by atoms with van der Waals surface area (Å²) in [4.78, 5) is 0. The molecule has 1 aromatic heterocycles. The second-order valence-corrected chi connectivity index (χ2v) is 6.09. The first-order chi connectivity index (χ1) is 8.77. The van der Waals surface area contributed by atoms with Gasteiger partial charge in [0.05, 0.1) is 13.2 Å². The summed E-state index contributed by atoms with van der Waals surface area (Å²) in [6, 6.07) is 0.614. The molecule has 0 bridgehead atoms. The second-order valence-electron chi connectivity index (χ2n) is 5.34. The van der Waals surface area contributed by atoms with E-state index < -0.39 is 0 Å². The molecular weight excluding hydrogens is 246 g/mol. The van der Waals surface area contributed by atoms with Crippen LogP contribution in [0, 0.1) is 6.92 Å². The molecule has 1 saturated carbocycles. The first-order valence-electron chi connectivity index (χ1n) is 6.80. The fraction of sp³-hybridized carbons (Fsp3) is 0.714. The Morgan fingerprint density at radius 3 is 2.61 bits per heavy atom. The van der Waals surface area contributed by atoms with Gasteiger partial charge in [0.25, 0.3) is 0 Å². The van der Waals surface area contributed by atoms with Crippen LogP contribution < -0.4 is 5.32 Å². The van der Waals surface area contributed by atoms with Crippen LogP contribution in [-0.4, -0.2) is 25.0 Å². The van der Waals surface area contributed by atoms with Crippen LogP contribution in [0.4, 0.5) is 0 Å². The van der Waals surface area contributed by atoms with Crippen molar-refractivity contribution in [2.75, 3.05) is 13.2 Å². The van der Waals surface area contributed by atoms with Crippen molar-refractivity contribution in [3.8, 4) is 0 Å². The van der Waals surface area contributed by atoms with Crippen LogP contribution in [0.5, 0.6) is 0 Å². The predicted molar refractivity (Wildman–Crippen MR) is 72.8 cm³/mol. The summed E-state index contributed by atoms with van der Waals surface area (Å²) in [5, 5.41) is 8.13. The summed E-state index contributed by atoms with van der Waals surface area (Å²) in [7, 11) is 0. The summed E-state index contributed by atoms with van der Waals surface area (Å²) >= 11 is 1.79. The van der Waals surface area contributed by atoms with E-state index in [1.165, 1.54) is 11.1 Å². The molecule has 2 fully saturated rings. The van der Waals surface area contributed by atoms with Gasteiger partial charge >= 0.3 is 0 Å². The number of ether oxygens (including phenoxy) is 2. The lowest BCUT2D eigenvalue weighted by Crippen LogP contribution is -2.41. The maximum Gasteiger partial charge on any atom is 0.168 e. The van der Waals surface area contributed by atoms with E-state index in [0.717, 1.165) is 45.4 Å². The molecule has 1 aliphatic carbocycles. The topological polar surface area (TPSA) is 30.5 Å². The summed E-state index contributed by atoms with van der Waals surface area (Å²) in [5.41, 5.74) is 2.84. The maximum absolute atomic E-state index is 5.75. The SMILES string of the molecule is Cc1cscc1CNC1CCC2(CC1)OCCO2. The van der Waals surface area contributed by atoms with Gasteiger partial charge in [-0.1, -0.05) is 0 Å². The Balaban J connectivity index is 1.47. The molecule has 0 atom stereocenters. The number of nitrogens with one attached hydrogen (secondary N) is 1. The number of hydrogen-bond donors (Lipinski definition) is 1. The average Bonchev–Trinajstić information content (AvgIpc) is 2.99. The Morgan fingerprint density at radius 1 is 1.28 bits per heavy atom. The molecular formula is C14H21NO2S. The molecule has 1 aliphatic heterocycles. The van der Waals surface area contributed by atoms with Crippen LogP contribution in [0.3, 0.4) is 0 Å². The Bertz CT molecular complexity index is 388. The lowest BCUT2D eigenvalue weighted by atomic mass is 9.90. The third-order valence-electron chi connectivity index (χ3n) is 4.10. The van der Waals surface area contributed by atoms with Gasteiger partial charge in [-0.05, 0) is 41.7 Å². The highest BCUT2D eigenvalue weighted by atomic mass is 32.1. The second kappa shape index (κ2) is 5.29.